The summed E-state index contributed by atoms with van der Waals surface area (Å²) in [5, 5.41) is 11.9. The quantitative estimate of drug-likeness (QED) is 0.720. The van der Waals surface area contributed by atoms with Crippen molar-refractivity contribution in [2.24, 2.45) is 0 Å². The van der Waals surface area contributed by atoms with Crippen LogP contribution in [0, 0.1) is 0 Å². The smallest absolute Gasteiger partial charge is 0.0765 e. The average molecular weight is 304 g/mol. The lowest BCUT2D eigenvalue weighted by Crippen LogP contribution is -2.26. The molecule has 0 bridgehead atoms. The standard InChI is InChI=1S/C16H24N4S/c1-3-10-17-15(13-21-14-8-6-5-7-9-14)16-12-18-19-20(16)11-4-2/h5-9,12,15,17H,3-4,10-11,13H2,1-2H3. The molecule has 1 aromatic heterocycles. The fourth-order valence-corrected chi connectivity index (χ4v) is 3.18. The Balaban J connectivity index is 2.04. The van der Waals surface area contributed by atoms with E-state index in [0.717, 1.165) is 31.7 Å². The first-order valence-corrected chi connectivity index (χ1v) is 8.63. The highest BCUT2D eigenvalue weighted by molar-refractivity contribution is 7.99. The van der Waals surface area contributed by atoms with Crippen molar-refractivity contribution in [2.75, 3.05) is 12.3 Å². The molecular formula is C16H24N4S. The van der Waals surface area contributed by atoms with Crippen LogP contribution in [0.3, 0.4) is 0 Å². The highest BCUT2D eigenvalue weighted by atomic mass is 32.2. The molecule has 0 amide bonds. The first-order valence-electron chi connectivity index (χ1n) is 7.64. The Morgan fingerprint density at radius 1 is 1.19 bits per heavy atom. The van der Waals surface area contributed by atoms with Crippen LogP contribution >= 0.6 is 11.8 Å². The number of benzene rings is 1. The van der Waals surface area contributed by atoms with Crippen LogP contribution in [-0.2, 0) is 6.54 Å². The van der Waals surface area contributed by atoms with Gasteiger partial charge in [0.15, 0.2) is 0 Å². The molecule has 0 radical (unpaired) electrons. The molecule has 1 aromatic carbocycles. The van der Waals surface area contributed by atoms with Gasteiger partial charge in [-0.3, -0.25) is 0 Å². The van der Waals surface area contributed by atoms with Gasteiger partial charge in [-0.1, -0.05) is 37.3 Å². The predicted molar refractivity (Wildman–Crippen MR) is 88.5 cm³/mol. The van der Waals surface area contributed by atoms with Gasteiger partial charge in [-0.25, -0.2) is 4.68 Å². The number of nitrogens with zero attached hydrogens (tertiary/aromatic N) is 3. The van der Waals surface area contributed by atoms with E-state index in [1.54, 1.807) is 0 Å². The molecule has 0 spiro atoms. The van der Waals surface area contributed by atoms with Gasteiger partial charge in [0.2, 0.25) is 0 Å². The van der Waals surface area contributed by atoms with E-state index in [0.29, 0.717) is 0 Å². The Hall–Kier alpha value is -1.33. The molecule has 0 saturated heterocycles. The summed E-state index contributed by atoms with van der Waals surface area (Å²) in [5.41, 5.74) is 1.19. The van der Waals surface area contributed by atoms with Gasteiger partial charge < -0.3 is 5.32 Å². The number of thioether (sulfide) groups is 1. The minimum atomic E-state index is 0.289. The molecule has 5 heteroatoms. The fraction of sp³-hybridized carbons (Fsp3) is 0.500. The van der Waals surface area contributed by atoms with Crippen molar-refractivity contribution in [3.8, 4) is 0 Å². The number of hydrogen-bond acceptors (Lipinski definition) is 4. The number of hydrogen-bond donors (Lipinski definition) is 1. The molecule has 0 aliphatic rings. The minimum absolute atomic E-state index is 0.289. The van der Waals surface area contributed by atoms with Crippen LogP contribution < -0.4 is 5.32 Å². The lowest BCUT2D eigenvalue weighted by molar-refractivity contribution is 0.493. The predicted octanol–water partition coefficient (Wildman–Crippen LogP) is 3.52. The van der Waals surface area contributed by atoms with Gasteiger partial charge in [-0.15, -0.1) is 16.9 Å². The molecule has 4 nitrogen and oxygen atoms in total. The first-order chi connectivity index (χ1) is 10.3. The fourth-order valence-electron chi connectivity index (χ4n) is 2.18. The van der Waals surface area contributed by atoms with Crippen LogP contribution in [0.2, 0.25) is 0 Å². The van der Waals surface area contributed by atoms with Crippen LogP contribution in [0.15, 0.2) is 41.4 Å². The van der Waals surface area contributed by atoms with Crippen molar-refractivity contribution in [1.82, 2.24) is 20.3 Å². The molecule has 21 heavy (non-hydrogen) atoms. The summed E-state index contributed by atoms with van der Waals surface area (Å²) in [6.45, 7) is 6.29. The zero-order valence-electron chi connectivity index (χ0n) is 12.8. The largest absolute Gasteiger partial charge is 0.308 e. The summed E-state index contributed by atoms with van der Waals surface area (Å²) in [5.74, 6) is 0.987. The molecule has 2 rings (SSSR count). The third-order valence-corrected chi connectivity index (χ3v) is 4.35. The van der Waals surface area contributed by atoms with Gasteiger partial charge in [0.05, 0.1) is 17.9 Å². The molecule has 1 unspecified atom stereocenters. The Kier molecular flexibility index (Phi) is 6.76. The molecule has 1 heterocycles. The third-order valence-electron chi connectivity index (χ3n) is 3.24. The molecule has 114 valence electrons. The van der Waals surface area contributed by atoms with Gasteiger partial charge in [0.25, 0.3) is 0 Å². The summed E-state index contributed by atoms with van der Waals surface area (Å²) in [4.78, 5) is 1.30. The number of aryl methyl sites for hydroxylation is 1. The number of rotatable bonds is 9. The maximum Gasteiger partial charge on any atom is 0.0765 e. The highest BCUT2D eigenvalue weighted by Gasteiger charge is 2.16. The number of aromatic nitrogens is 3. The third kappa shape index (κ3) is 4.86. The molecule has 0 saturated carbocycles. The van der Waals surface area contributed by atoms with E-state index in [-0.39, 0.29) is 6.04 Å². The summed E-state index contributed by atoms with van der Waals surface area (Å²) in [6.07, 6.45) is 4.10. The van der Waals surface area contributed by atoms with E-state index in [4.69, 9.17) is 0 Å². The van der Waals surface area contributed by atoms with Crippen LogP contribution in [0.5, 0.6) is 0 Å². The van der Waals surface area contributed by atoms with Crippen molar-refractivity contribution >= 4 is 11.8 Å². The van der Waals surface area contributed by atoms with Crippen molar-refractivity contribution in [3.05, 3.63) is 42.2 Å². The second-order valence-electron chi connectivity index (χ2n) is 5.01. The zero-order valence-corrected chi connectivity index (χ0v) is 13.6. The summed E-state index contributed by atoms with van der Waals surface area (Å²) in [7, 11) is 0. The van der Waals surface area contributed by atoms with Crippen molar-refractivity contribution in [3.63, 3.8) is 0 Å². The Morgan fingerprint density at radius 2 is 2.00 bits per heavy atom. The van der Waals surface area contributed by atoms with Gasteiger partial charge in [0, 0.05) is 17.2 Å². The molecule has 0 fully saturated rings. The van der Waals surface area contributed by atoms with E-state index in [9.17, 15) is 0 Å². The van der Waals surface area contributed by atoms with E-state index in [1.807, 2.05) is 22.6 Å². The second-order valence-corrected chi connectivity index (χ2v) is 6.11. The monoisotopic (exact) mass is 304 g/mol. The van der Waals surface area contributed by atoms with Gasteiger partial charge in [-0.05, 0) is 31.5 Å². The van der Waals surface area contributed by atoms with Crippen LogP contribution in [0.25, 0.3) is 0 Å². The van der Waals surface area contributed by atoms with Gasteiger partial charge >= 0.3 is 0 Å². The van der Waals surface area contributed by atoms with Crippen LogP contribution in [-0.4, -0.2) is 27.3 Å². The van der Waals surface area contributed by atoms with E-state index < -0.39 is 0 Å². The van der Waals surface area contributed by atoms with Crippen LogP contribution in [0.1, 0.15) is 38.4 Å². The topological polar surface area (TPSA) is 42.7 Å². The molecule has 1 N–H and O–H groups in total. The van der Waals surface area contributed by atoms with Crippen LogP contribution in [0.4, 0.5) is 0 Å². The highest BCUT2D eigenvalue weighted by Crippen LogP contribution is 2.24. The zero-order chi connectivity index (χ0) is 14.9. The van der Waals surface area contributed by atoms with Crippen molar-refractivity contribution < 1.29 is 0 Å². The first kappa shape index (κ1) is 16.0. The SMILES string of the molecule is CCCNC(CSc1ccccc1)c1cnnn1CCC. The molecule has 0 aliphatic heterocycles. The summed E-state index contributed by atoms with van der Waals surface area (Å²) < 4.78 is 2.03. The minimum Gasteiger partial charge on any atom is -0.308 e. The molecule has 2 aromatic rings. The van der Waals surface area contributed by atoms with Gasteiger partial charge in [-0.2, -0.15) is 0 Å². The molecule has 1 atom stereocenters. The lowest BCUT2D eigenvalue weighted by atomic mass is 10.2. The Morgan fingerprint density at radius 3 is 2.71 bits per heavy atom. The van der Waals surface area contributed by atoms with Gasteiger partial charge in [0.1, 0.15) is 0 Å². The van der Waals surface area contributed by atoms with E-state index in [2.05, 4.69) is 59.8 Å². The normalized spacial score (nSPS) is 12.5. The average Bonchev–Trinajstić information content (AvgIpc) is 2.97. The second kappa shape index (κ2) is 8.85. The number of nitrogens with one attached hydrogen (secondary N) is 1. The molecular weight excluding hydrogens is 280 g/mol. The van der Waals surface area contributed by atoms with Crippen molar-refractivity contribution in [2.45, 2.75) is 44.2 Å². The maximum absolute atomic E-state index is 4.21. The maximum atomic E-state index is 4.21. The van der Waals surface area contributed by atoms with E-state index in [1.165, 1.54) is 10.6 Å². The summed E-state index contributed by atoms with van der Waals surface area (Å²) in [6, 6.07) is 10.8. The van der Waals surface area contributed by atoms with Crippen molar-refractivity contribution in [1.29, 1.82) is 0 Å². The Labute approximate surface area is 131 Å². The Bertz CT molecular complexity index is 512. The lowest BCUT2D eigenvalue weighted by Gasteiger charge is -2.19. The van der Waals surface area contributed by atoms with E-state index >= 15 is 0 Å². The molecule has 0 aliphatic carbocycles. The summed E-state index contributed by atoms with van der Waals surface area (Å²) >= 11 is 1.87.